The zero-order valence-electron chi connectivity index (χ0n) is 17.7. The first-order chi connectivity index (χ1) is 14.9. The van der Waals surface area contributed by atoms with Gasteiger partial charge < -0.3 is 9.88 Å². The summed E-state index contributed by atoms with van der Waals surface area (Å²) in [6.07, 6.45) is 4.21. The van der Waals surface area contributed by atoms with E-state index in [4.69, 9.17) is 0 Å². The summed E-state index contributed by atoms with van der Waals surface area (Å²) in [5.41, 5.74) is 1.73. The average Bonchev–Trinajstić information content (AvgIpc) is 2.79. The minimum Gasteiger partial charge on any atom is -0.338 e. The Bertz CT molecular complexity index is 1180. The molecule has 2 aromatic heterocycles. The minimum absolute atomic E-state index is 0.0582. The third-order valence-electron chi connectivity index (χ3n) is 5.99. The SMILES string of the molecule is CCc1cc2ccc(C(C)(C#N)CN3CCN(c4ncc(Br)cn4)CC3)cc2[nH]c1=O. The molecule has 7 nitrogen and oxygen atoms in total. The summed E-state index contributed by atoms with van der Waals surface area (Å²) in [6.45, 7) is 7.86. The summed E-state index contributed by atoms with van der Waals surface area (Å²) in [7, 11) is 0. The van der Waals surface area contributed by atoms with Gasteiger partial charge in [0.25, 0.3) is 5.56 Å². The van der Waals surface area contributed by atoms with E-state index in [2.05, 4.69) is 46.8 Å². The molecule has 0 aliphatic carbocycles. The van der Waals surface area contributed by atoms with Gasteiger partial charge >= 0.3 is 0 Å². The van der Waals surface area contributed by atoms with Crippen molar-refractivity contribution in [3.05, 3.63) is 62.6 Å². The van der Waals surface area contributed by atoms with Gasteiger partial charge in [-0.15, -0.1) is 0 Å². The topological polar surface area (TPSA) is 88.9 Å². The fourth-order valence-corrected chi connectivity index (χ4v) is 4.27. The highest BCUT2D eigenvalue weighted by molar-refractivity contribution is 9.10. The molecule has 3 heterocycles. The van der Waals surface area contributed by atoms with E-state index < -0.39 is 5.41 Å². The van der Waals surface area contributed by atoms with E-state index in [0.29, 0.717) is 13.0 Å². The first-order valence-electron chi connectivity index (χ1n) is 10.4. The number of benzene rings is 1. The average molecular weight is 481 g/mol. The Morgan fingerprint density at radius 2 is 1.90 bits per heavy atom. The van der Waals surface area contributed by atoms with Crippen molar-refractivity contribution in [1.82, 2.24) is 19.9 Å². The van der Waals surface area contributed by atoms with E-state index in [1.807, 2.05) is 38.1 Å². The van der Waals surface area contributed by atoms with E-state index in [0.717, 1.165) is 58.6 Å². The Kier molecular flexibility index (Phi) is 6.08. The minimum atomic E-state index is -0.676. The number of pyridine rings is 1. The van der Waals surface area contributed by atoms with Crippen LogP contribution < -0.4 is 10.5 Å². The van der Waals surface area contributed by atoms with Gasteiger partial charge in [0, 0.05) is 56.2 Å². The lowest BCUT2D eigenvalue weighted by Gasteiger charge is -2.38. The Balaban J connectivity index is 1.50. The lowest BCUT2D eigenvalue weighted by Crippen LogP contribution is -2.50. The summed E-state index contributed by atoms with van der Waals surface area (Å²) >= 11 is 3.37. The van der Waals surface area contributed by atoms with Crippen LogP contribution in [0.3, 0.4) is 0 Å². The van der Waals surface area contributed by atoms with Gasteiger partial charge in [0.05, 0.1) is 16.0 Å². The molecule has 0 saturated carbocycles. The molecule has 0 spiro atoms. The molecular formula is C23H25BrN6O. The zero-order chi connectivity index (χ0) is 22.0. The van der Waals surface area contributed by atoms with E-state index >= 15 is 0 Å². The number of nitrogens with one attached hydrogen (secondary N) is 1. The normalized spacial score (nSPS) is 16.8. The number of hydrogen-bond donors (Lipinski definition) is 1. The number of halogens is 1. The highest BCUT2D eigenvalue weighted by atomic mass is 79.9. The van der Waals surface area contributed by atoms with Crippen molar-refractivity contribution in [3.63, 3.8) is 0 Å². The summed E-state index contributed by atoms with van der Waals surface area (Å²) in [5, 5.41) is 11.0. The monoisotopic (exact) mass is 480 g/mol. The van der Waals surface area contributed by atoms with Crippen molar-refractivity contribution >= 4 is 32.8 Å². The van der Waals surface area contributed by atoms with Crippen LogP contribution in [0.15, 0.2) is 45.9 Å². The molecule has 8 heteroatoms. The van der Waals surface area contributed by atoms with E-state index in [-0.39, 0.29) is 5.56 Å². The molecule has 1 N–H and O–H groups in total. The maximum atomic E-state index is 12.2. The first kappa shape index (κ1) is 21.5. The lowest BCUT2D eigenvalue weighted by atomic mass is 9.82. The van der Waals surface area contributed by atoms with Crippen molar-refractivity contribution < 1.29 is 0 Å². The zero-order valence-corrected chi connectivity index (χ0v) is 19.3. The molecule has 3 aromatic rings. The molecule has 1 aromatic carbocycles. The number of fused-ring (bicyclic) bond motifs is 1. The maximum absolute atomic E-state index is 12.2. The van der Waals surface area contributed by atoms with Crippen molar-refractivity contribution in [1.29, 1.82) is 5.26 Å². The van der Waals surface area contributed by atoms with Crippen molar-refractivity contribution in [3.8, 4) is 6.07 Å². The number of piperazine rings is 1. The predicted octanol–water partition coefficient (Wildman–Crippen LogP) is 3.25. The van der Waals surface area contributed by atoms with Gasteiger partial charge in [0.2, 0.25) is 5.95 Å². The van der Waals surface area contributed by atoms with Crippen LogP contribution in [0.4, 0.5) is 5.95 Å². The number of nitrogens with zero attached hydrogens (tertiary/aromatic N) is 5. The fraction of sp³-hybridized carbons (Fsp3) is 0.391. The van der Waals surface area contributed by atoms with Crippen LogP contribution in [0.1, 0.15) is 25.0 Å². The van der Waals surface area contributed by atoms with Gasteiger partial charge in [-0.2, -0.15) is 5.26 Å². The van der Waals surface area contributed by atoms with Crippen LogP contribution in [-0.4, -0.2) is 52.6 Å². The molecule has 0 amide bonds. The molecule has 4 rings (SSSR count). The van der Waals surface area contributed by atoms with Crippen molar-refractivity contribution in [2.45, 2.75) is 25.7 Å². The second-order valence-corrected chi connectivity index (χ2v) is 9.10. The van der Waals surface area contributed by atoms with Crippen LogP contribution in [0.25, 0.3) is 10.9 Å². The van der Waals surface area contributed by atoms with Gasteiger partial charge in [0.1, 0.15) is 0 Å². The van der Waals surface area contributed by atoms with Gasteiger partial charge in [-0.1, -0.05) is 19.1 Å². The van der Waals surface area contributed by atoms with Crippen molar-refractivity contribution in [2.75, 3.05) is 37.6 Å². The number of hydrogen-bond acceptors (Lipinski definition) is 6. The second-order valence-electron chi connectivity index (χ2n) is 8.19. The predicted molar refractivity (Wildman–Crippen MR) is 125 cm³/mol. The molecule has 1 unspecified atom stereocenters. The van der Waals surface area contributed by atoms with E-state index in [1.165, 1.54) is 0 Å². The van der Waals surface area contributed by atoms with Crippen LogP contribution in [-0.2, 0) is 11.8 Å². The number of aromatic amines is 1. The molecule has 1 aliphatic heterocycles. The molecular weight excluding hydrogens is 456 g/mol. The smallest absolute Gasteiger partial charge is 0.251 e. The molecule has 1 atom stereocenters. The molecule has 160 valence electrons. The molecule has 1 fully saturated rings. The number of aryl methyl sites for hydroxylation is 1. The van der Waals surface area contributed by atoms with Gasteiger partial charge in [-0.3, -0.25) is 9.69 Å². The maximum Gasteiger partial charge on any atom is 0.251 e. The molecule has 1 aliphatic rings. The van der Waals surface area contributed by atoms with Crippen molar-refractivity contribution in [2.24, 2.45) is 0 Å². The van der Waals surface area contributed by atoms with Gasteiger partial charge in [-0.25, -0.2) is 9.97 Å². The highest BCUT2D eigenvalue weighted by Gasteiger charge is 2.31. The first-order valence-corrected chi connectivity index (χ1v) is 11.2. The summed E-state index contributed by atoms with van der Waals surface area (Å²) < 4.78 is 0.863. The second kappa shape index (κ2) is 8.77. The number of nitriles is 1. The molecule has 31 heavy (non-hydrogen) atoms. The highest BCUT2D eigenvalue weighted by Crippen LogP contribution is 2.28. The van der Waals surface area contributed by atoms with Gasteiger partial charge in [0.15, 0.2) is 0 Å². The lowest BCUT2D eigenvalue weighted by molar-refractivity contribution is 0.225. The number of rotatable bonds is 5. The Morgan fingerprint density at radius 3 is 2.55 bits per heavy atom. The van der Waals surface area contributed by atoms with Crippen LogP contribution in [0, 0.1) is 11.3 Å². The standard InChI is InChI=1S/C23H25BrN6O/c1-3-16-10-17-4-5-18(11-20(17)28-21(16)31)23(2,14-25)15-29-6-8-30(9-7-29)22-26-12-19(24)13-27-22/h4-5,10-13H,3,6-9,15H2,1-2H3,(H,28,31). The number of aromatic nitrogens is 3. The third-order valence-corrected chi connectivity index (χ3v) is 6.40. The quantitative estimate of drug-likeness (QED) is 0.602. The Labute approximate surface area is 189 Å². The third kappa shape index (κ3) is 4.48. The summed E-state index contributed by atoms with van der Waals surface area (Å²) in [4.78, 5) is 28.4. The molecule has 0 radical (unpaired) electrons. The Morgan fingerprint density at radius 1 is 1.19 bits per heavy atom. The molecule has 0 bridgehead atoms. The summed E-state index contributed by atoms with van der Waals surface area (Å²) in [6, 6.07) is 10.4. The van der Waals surface area contributed by atoms with Crippen LogP contribution in [0.2, 0.25) is 0 Å². The Hall–Kier alpha value is -2.76. The van der Waals surface area contributed by atoms with Crippen LogP contribution >= 0.6 is 15.9 Å². The van der Waals surface area contributed by atoms with E-state index in [9.17, 15) is 10.1 Å². The number of H-pyrrole nitrogens is 1. The number of anilines is 1. The largest absolute Gasteiger partial charge is 0.338 e. The van der Waals surface area contributed by atoms with Gasteiger partial charge in [-0.05, 0) is 52.4 Å². The van der Waals surface area contributed by atoms with Crippen LogP contribution in [0.5, 0.6) is 0 Å². The summed E-state index contributed by atoms with van der Waals surface area (Å²) in [5.74, 6) is 0.732. The molecule has 1 saturated heterocycles. The fourth-order valence-electron chi connectivity index (χ4n) is 4.07. The van der Waals surface area contributed by atoms with E-state index in [1.54, 1.807) is 12.4 Å².